The van der Waals surface area contributed by atoms with Crippen LogP contribution in [0.5, 0.6) is 0 Å². The van der Waals surface area contributed by atoms with Crippen LogP contribution in [0, 0.1) is 132 Å². The van der Waals surface area contributed by atoms with Crippen molar-refractivity contribution in [2.24, 2.45) is 0 Å². The molecule has 9 aromatic heterocycles. The summed E-state index contributed by atoms with van der Waals surface area (Å²) in [6.45, 7) is 40.6. The smallest absolute Gasteiger partial charge is 0.361 e. The van der Waals surface area contributed by atoms with Gasteiger partial charge in [0.25, 0.3) is 0 Å². The van der Waals surface area contributed by atoms with Gasteiger partial charge in [-0.2, -0.15) is 46.4 Å². The Labute approximate surface area is 523 Å². The largest absolute Gasteiger partial charge is 0.433 e. The van der Waals surface area contributed by atoms with Crippen molar-refractivity contribution in [3.8, 4) is 5.69 Å². The first-order valence-electron chi connectivity index (χ1n) is 26.8. The van der Waals surface area contributed by atoms with Gasteiger partial charge in [-0.15, -0.1) is 11.3 Å². The molecule has 0 fully saturated rings. The number of hydrogen-bond donors (Lipinski definition) is 0. The number of pyridine rings is 3. The number of aromatic nitrogens is 13. The van der Waals surface area contributed by atoms with Crippen molar-refractivity contribution in [3.05, 3.63) is 215 Å². The third kappa shape index (κ3) is 25.7. The second-order valence-electron chi connectivity index (χ2n) is 20.2. The first-order valence-corrected chi connectivity index (χ1v) is 27.7. The lowest BCUT2D eigenvalue weighted by atomic mass is 10.1. The lowest BCUT2D eigenvalue weighted by Gasteiger charge is -2.12. The summed E-state index contributed by atoms with van der Waals surface area (Å²) in [6.07, 6.45) is -1.09. The van der Waals surface area contributed by atoms with Crippen LogP contribution in [0.3, 0.4) is 0 Å². The molecule has 0 N–H and O–H groups in total. The number of benzene rings is 1. The van der Waals surface area contributed by atoms with E-state index in [0.29, 0.717) is 17.3 Å². The van der Waals surface area contributed by atoms with E-state index in [1.165, 1.54) is 51.7 Å². The predicted octanol–water partition coefficient (Wildman–Crippen LogP) is 19.1. The Hall–Kier alpha value is -8.07. The van der Waals surface area contributed by atoms with Crippen LogP contribution in [0.1, 0.15) is 172 Å². The fourth-order valence-corrected chi connectivity index (χ4v) is 7.79. The molecule has 0 unspecified atom stereocenters. The van der Waals surface area contributed by atoms with E-state index >= 15 is 0 Å². The number of para-hydroxylation sites is 1. The van der Waals surface area contributed by atoms with E-state index in [0.717, 1.165) is 81.1 Å². The highest BCUT2D eigenvalue weighted by atomic mass is 32.1. The van der Waals surface area contributed by atoms with Gasteiger partial charge in [-0.25, -0.2) is 24.5 Å². The Balaban J connectivity index is 0. The van der Waals surface area contributed by atoms with E-state index < -0.39 is 23.6 Å². The quantitative estimate of drug-likeness (QED) is 0.151. The van der Waals surface area contributed by atoms with Crippen LogP contribution in [0.4, 0.5) is 26.3 Å². The summed E-state index contributed by atoms with van der Waals surface area (Å²) in [5.74, 6) is 1.50. The molecule has 21 heteroatoms. The molecule has 0 aliphatic heterocycles. The van der Waals surface area contributed by atoms with E-state index in [-0.39, 0.29) is 40.8 Å². The lowest BCUT2D eigenvalue weighted by Crippen LogP contribution is -2.10. The molecule has 9 heterocycles. The second kappa shape index (κ2) is 37.6. The molecule has 0 bridgehead atoms. The molecule has 10 aromatic rings. The number of nitrogens with zero attached hydrogens (tertiary/aromatic N) is 13. The average molecular weight is 1240 g/mol. The van der Waals surface area contributed by atoms with E-state index in [1.54, 1.807) is 18.6 Å². The number of aryl methyl sites for hydroxylation is 16. The lowest BCUT2D eigenvalue weighted by molar-refractivity contribution is -0.141. The molecule has 482 valence electrons. The standard InChI is InChI=1S/C10H11N3.C9H10F3N.C9H11N3.C8H13NS.C8H11N.C7H9N.C6H5F3N2.C6H9NO.4CH4/c1-8-9(2)12-13(11-8)10-6-4-3-5-7-10;1-5-4-8(9(10,11)12)6(2)7(3)13-5;1-6-5-10-9-4-7(2)11-12(9)8(6)3;1-5(2)8-9-6(3)7(4)10-8;1-6-4-5-9-8(3)7(6)2;1-6-4-3-5-8-7(6)2;1-4-2-10-3-11-5(4)6(7,8)9;1-4-5(2)7-8-6(4)3;;;;/h3-7H,1-2H3;4H,1-3H3;4-5H,1-3H3;5H,1-4H3;4-5H,1-3H3;3-5H,1-2H3;2-3H,1H3;1-3H3;4*1H4. The number of halogens is 6. The summed E-state index contributed by atoms with van der Waals surface area (Å²) in [4.78, 5) is 30.4. The molecule has 0 saturated heterocycles. The SMILES string of the molecule is C.C.C.C.Cc1cc(C(F)(F)F)c(C)c(C)n1.Cc1cc2ncc(C)c(C)n2n1.Cc1cccnc1C.Cc1ccnc(C)c1C.Cc1cncnc1C(F)(F)F.Cc1nc(C(C)C)sc1C.Cc1nn(-c2ccccc2)nc1C.Cc1noc(C)c1C. The highest BCUT2D eigenvalue weighted by molar-refractivity contribution is 7.11. The number of hydrogen-bond acceptors (Lipinski definition) is 13. The summed E-state index contributed by atoms with van der Waals surface area (Å²) in [6, 6.07) is 19.0. The zero-order chi connectivity index (χ0) is 63.4. The van der Waals surface area contributed by atoms with Gasteiger partial charge < -0.3 is 4.52 Å². The zero-order valence-electron chi connectivity index (χ0n) is 52.1. The van der Waals surface area contributed by atoms with Crippen LogP contribution in [0.25, 0.3) is 11.3 Å². The molecule has 14 nitrogen and oxygen atoms in total. The molecule has 0 amide bonds. The maximum absolute atomic E-state index is 12.4. The normalized spacial score (nSPS) is 10.2. The molecular formula is C67H95F6N13OS. The van der Waals surface area contributed by atoms with Gasteiger partial charge in [0.15, 0.2) is 11.3 Å². The van der Waals surface area contributed by atoms with E-state index in [2.05, 4.69) is 117 Å². The van der Waals surface area contributed by atoms with Crippen molar-refractivity contribution >= 4 is 17.0 Å². The number of thiazole rings is 1. The van der Waals surface area contributed by atoms with Crippen molar-refractivity contribution in [3.63, 3.8) is 0 Å². The maximum atomic E-state index is 12.4. The monoisotopic (exact) mass is 1240 g/mol. The summed E-state index contributed by atoms with van der Waals surface area (Å²) in [7, 11) is 0. The topological polar surface area (TPSA) is 164 Å². The Morgan fingerprint density at radius 1 is 0.489 bits per heavy atom. The highest BCUT2D eigenvalue weighted by Crippen LogP contribution is 2.33. The average Bonchev–Trinajstić information content (AvgIpc) is 4.29. The molecule has 0 saturated carbocycles. The van der Waals surface area contributed by atoms with Crippen molar-refractivity contribution in [1.82, 2.24) is 64.7 Å². The van der Waals surface area contributed by atoms with E-state index in [9.17, 15) is 26.3 Å². The van der Waals surface area contributed by atoms with Crippen LogP contribution >= 0.6 is 11.3 Å². The zero-order valence-corrected chi connectivity index (χ0v) is 53.0. The van der Waals surface area contributed by atoms with Crippen molar-refractivity contribution in [2.45, 2.75) is 193 Å². The van der Waals surface area contributed by atoms with Gasteiger partial charge in [0, 0.05) is 75.7 Å². The fourth-order valence-electron chi connectivity index (χ4n) is 6.86. The number of rotatable bonds is 2. The number of alkyl halides is 6. The van der Waals surface area contributed by atoms with Crippen LogP contribution < -0.4 is 0 Å². The maximum Gasteiger partial charge on any atom is 0.433 e. The molecule has 0 aliphatic rings. The van der Waals surface area contributed by atoms with Gasteiger partial charge in [0.05, 0.1) is 44.7 Å². The molecule has 0 radical (unpaired) electrons. The Bertz CT molecular complexity index is 3560. The number of fused-ring (bicyclic) bond motifs is 1. The summed E-state index contributed by atoms with van der Waals surface area (Å²) in [5, 5.41) is 17.9. The van der Waals surface area contributed by atoms with Crippen LogP contribution in [-0.2, 0) is 12.4 Å². The summed E-state index contributed by atoms with van der Waals surface area (Å²) in [5.41, 5.74) is 16.3. The Kier molecular flexibility index (Phi) is 35.0. The third-order valence-electron chi connectivity index (χ3n) is 13.1. The minimum Gasteiger partial charge on any atom is -0.361 e. The van der Waals surface area contributed by atoms with Gasteiger partial charge in [-0.05, 0) is 195 Å². The van der Waals surface area contributed by atoms with E-state index in [1.807, 2.05) is 145 Å². The van der Waals surface area contributed by atoms with Crippen molar-refractivity contribution in [1.29, 1.82) is 0 Å². The predicted molar refractivity (Wildman–Crippen MR) is 349 cm³/mol. The Morgan fingerprint density at radius 3 is 1.49 bits per heavy atom. The third-order valence-corrected chi connectivity index (χ3v) is 14.5. The van der Waals surface area contributed by atoms with Crippen molar-refractivity contribution in [2.75, 3.05) is 0 Å². The minimum absolute atomic E-state index is 0. The second-order valence-corrected chi connectivity index (χ2v) is 21.4. The van der Waals surface area contributed by atoms with Crippen LogP contribution in [-0.4, -0.2) is 64.7 Å². The first kappa shape index (κ1) is 82.0. The highest BCUT2D eigenvalue weighted by Gasteiger charge is 2.34. The fraction of sp³-hybridized carbons (Fsp3) is 0.418. The molecule has 1 aromatic carbocycles. The first-order chi connectivity index (χ1) is 39.1. The molecular weight excluding hydrogens is 1150 g/mol. The van der Waals surface area contributed by atoms with Gasteiger partial charge in [-0.1, -0.05) is 73.0 Å². The minimum atomic E-state index is -4.37. The van der Waals surface area contributed by atoms with Gasteiger partial charge in [0.1, 0.15) is 12.1 Å². The van der Waals surface area contributed by atoms with E-state index in [4.69, 9.17) is 4.52 Å². The van der Waals surface area contributed by atoms with Crippen LogP contribution in [0.2, 0.25) is 0 Å². The Morgan fingerprint density at radius 2 is 1.08 bits per heavy atom. The van der Waals surface area contributed by atoms with Gasteiger partial charge in [-0.3, -0.25) is 15.0 Å². The molecule has 0 spiro atoms. The van der Waals surface area contributed by atoms with Gasteiger partial charge >= 0.3 is 12.4 Å². The summed E-state index contributed by atoms with van der Waals surface area (Å²) < 4.78 is 79.7. The molecule has 0 atom stereocenters. The molecule has 88 heavy (non-hydrogen) atoms. The molecule has 0 aliphatic carbocycles. The van der Waals surface area contributed by atoms with Crippen LogP contribution in [0.15, 0.2) is 96.3 Å². The molecule has 10 rings (SSSR count). The van der Waals surface area contributed by atoms with Gasteiger partial charge in [0.2, 0.25) is 0 Å². The summed E-state index contributed by atoms with van der Waals surface area (Å²) >= 11 is 1.81. The van der Waals surface area contributed by atoms with Crippen molar-refractivity contribution < 1.29 is 30.9 Å².